The molecular formula is C19H20O6. The van der Waals surface area contributed by atoms with Crippen LogP contribution in [0.5, 0.6) is 17.2 Å². The Morgan fingerprint density at radius 2 is 1.84 bits per heavy atom. The lowest BCUT2D eigenvalue weighted by Gasteiger charge is -2.24. The van der Waals surface area contributed by atoms with Gasteiger partial charge in [0.2, 0.25) is 0 Å². The average molecular weight is 344 g/mol. The minimum Gasteiger partial charge on any atom is -0.508 e. The van der Waals surface area contributed by atoms with Crippen LogP contribution in [-0.4, -0.2) is 41.4 Å². The first-order chi connectivity index (χ1) is 12.1. The Kier molecular flexibility index (Phi) is 6.56. The van der Waals surface area contributed by atoms with Gasteiger partial charge in [-0.15, -0.1) is 0 Å². The fraction of sp³-hybridized carbons (Fsp3) is 0.211. The van der Waals surface area contributed by atoms with E-state index in [0.29, 0.717) is 23.3 Å². The normalized spacial score (nSPS) is 13.4. The minimum absolute atomic E-state index is 0.0815. The van der Waals surface area contributed by atoms with Crippen molar-refractivity contribution in [2.45, 2.75) is 12.2 Å². The molecule has 2 aromatic carbocycles. The van der Waals surface area contributed by atoms with Crippen molar-refractivity contribution in [2.75, 3.05) is 13.7 Å². The second-order valence-corrected chi connectivity index (χ2v) is 5.28. The molecule has 0 unspecified atom stereocenters. The third kappa shape index (κ3) is 4.82. The number of rotatable bonds is 8. The van der Waals surface area contributed by atoms with E-state index in [9.17, 15) is 20.1 Å². The fourth-order valence-electron chi connectivity index (χ4n) is 2.29. The summed E-state index contributed by atoms with van der Waals surface area (Å²) in [7, 11) is 1.47. The Balaban J connectivity index is 2.21. The number of aldehydes is 1. The van der Waals surface area contributed by atoms with Crippen LogP contribution in [0.15, 0.2) is 48.5 Å². The molecule has 2 aromatic rings. The van der Waals surface area contributed by atoms with Crippen LogP contribution in [0.25, 0.3) is 6.08 Å². The van der Waals surface area contributed by atoms with E-state index in [1.54, 1.807) is 36.4 Å². The van der Waals surface area contributed by atoms with Crippen molar-refractivity contribution in [3.63, 3.8) is 0 Å². The van der Waals surface area contributed by atoms with Crippen LogP contribution < -0.4 is 9.47 Å². The van der Waals surface area contributed by atoms with E-state index in [-0.39, 0.29) is 5.75 Å². The van der Waals surface area contributed by atoms with Crippen LogP contribution in [0, 0.1) is 0 Å². The summed E-state index contributed by atoms with van der Waals surface area (Å²) in [6.07, 6.45) is 1.64. The number of allylic oxidation sites excluding steroid dienone is 1. The summed E-state index contributed by atoms with van der Waals surface area (Å²) in [5.74, 6) is 0.838. The number of aliphatic hydroxyl groups excluding tert-OH is 2. The van der Waals surface area contributed by atoms with Crippen LogP contribution in [0.2, 0.25) is 0 Å². The van der Waals surface area contributed by atoms with Crippen molar-refractivity contribution in [3.05, 3.63) is 59.7 Å². The highest BCUT2D eigenvalue weighted by atomic mass is 16.5. The highest BCUT2D eigenvalue weighted by Gasteiger charge is 2.23. The van der Waals surface area contributed by atoms with E-state index in [1.807, 2.05) is 0 Å². The summed E-state index contributed by atoms with van der Waals surface area (Å²) in [6.45, 7) is -0.419. The Morgan fingerprint density at radius 3 is 2.44 bits per heavy atom. The summed E-state index contributed by atoms with van der Waals surface area (Å²) in [5.41, 5.74) is 1.25. The van der Waals surface area contributed by atoms with E-state index >= 15 is 0 Å². The van der Waals surface area contributed by atoms with Gasteiger partial charge in [-0.3, -0.25) is 4.79 Å². The average Bonchev–Trinajstić information content (AvgIpc) is 2.64. The minimum atomic E-state index is -1.09. The van der Waals surface area contributed by atoms with E-state index in [0.717, 1.165) is 5.56 Å². The van der Waals surface area contributed by atoms with Crippen molar-refractivity contribution in [2.24, 2.45) is 0 Å². The first-order valence-electron chi connectivity index (χ1n) is 7.63. The number of carbonyl (C=O) groups is 1. The van der Waals surface area contributed by atoms with Crippen LogP contribution in [0.3, 0.4) is 0 Å². The molecular weight excluding hydrogens is 324 g/mol. The van der Waals surface area contributed by atoms with E-state index in [2.05, 4.69) is 0 Å². The molecule has 0 heterocycles. The Labute approximate surface area is 145 Å². The van der Waals surface area contributed by atoms with Gasteiger partial charge in [-0.1, -0.05) is 24.3 Å². The van der Waals surface area contributed by atoms with Gasteiger partial charge in [0.05, 0.1) is 13.7 Å². The number of phenols is 1. The second kappa shape index (κ2) is 8.86. The molecule has 0 aromatic heterocycles. The predicted octanol–water partition coefficient (Wildman–Crippen LogP) is 2.09. The van der Waals surface area contributed by atoms with Crippen molar-refractivity contribution in [3.8, 4) is 17.2 Å². The molecule has 6 heteroatoms. The van der Waals surface area contributed by atoms with Gasteiger partial charge in [0.1, 0.15) is 18.1 Å². The lowest BCUT2D eigenvalue weighted by molar-refractivity contribution is -0.104. The van der Waals surface area contributed by atoms with Crippen LogP contribution in [-0.2, 0) is 4.79 Å². The lowest BCUT2D eigenvalue weighted by atomic mass is 10.0. The number of carbonyl (C=O) groups excluding carboxylic acids is 1. The highest BCUT2D eigenvalue weighted by Crippen LogP contribution is 2.32. The summed E-state index contributed by atoms with van der Waals surface area (Å²) in [5, 5.41) is 29.3. The SMILES string of the molecule is COc1cc(/C=C/C=O)ccc1O[C@@H](CO)[C@H](O)c1ccc(O)cc1. The third-order valence-electron chi connectivity index (χ3n) is 3.60. The molecule has 0 amide bonds. The monoisotopic (exact) mass is 344 g/mol. The van der Waals surface area contributed by atoms with Crippen molar-refractivity contribution in [1.29, 1.82) is 0 Å². The molecule has 0 aliphatic carbocycles. The fourth-order valence-corrected chi connectivity index (χ4v) is 2.29. The maximum Gasteiger partial charge on any atom is 0.161 e. The molecule has 3 N–H and O–H groups in total. The van der Waals surface area contributed by atoms with Crippen LogP contribution in [0.4, 0.5) is 0 Å². The molecule has 0 bridgehead atoms. The predicted molar refractivity (Wildman–Crippen MR) is 92.7 cm³/mol. The molecule has 0 spiro atoms. The van der Waals surface area contributed by atoms with Gasteiger partial charge in [0.25, 0.3) is 0 Å². The van der Waals surface area contributed by atoms with Gasteiger partial charge in [-0.25, -0.2) is 0 Å². The van der Waals surface area contributed by atoms with E-state index in [1.165, 1.54) is 25.3 Å². The number of benzene rings is 2. The molecule has 132 valence electrons. The largest absolute Gasteiger partial charge is 0.508 e. The third-order valence-corrected chi connectivity index (χ3v) is 3.60. The van der Waals surface area contributed by atoms with Crippen LogP contribution >= 0.6 is 0 Å². The zero-order chi connectivity index (χ0) is 18.2. The number of phenolic OH excluding ortho intramolecular Hbond substituents is 1. The first-order valence-corrected chi connectivity index (χ1v) is 7.63. The summed E-state index contributed by atoms with van der Waals surface area (Å²) >= 11 is 0. The van der Waals surface area contributed by atoms with Gasteiger partial charge < -0.3 is 24.8 Å². The van der Waals surface area contributed by atoms with Gasteiger partial charge in [-0.05, 0) is 41.5 Å². The Hall–Kier alpha value is -2.83. The summed E-state index contributed by atoms with van der Waals surface area (Å²) in [4.78, 5) is 10.4. The quantitative estimate of drug-likeness (QED) is 0.501. The molecule has 0 saturated heterocycles. The maximum absolute atomic E-state index is 10.4. The number of hydrogen-bond acceptors (Lipinski definition) is 6. The van der Waals surface area contributed by atoms with E-state index in [4.69, 9.17) is 9.47 Å². The molecule has 0 saturated carbocycles. The molecule has 0 aliphatic heterocycles. The van der Waals surface area contributed by atoms with Crippen LogP contribution in [0.1, 0.15) is 17.2 Å². The summed E-state index contributed by atoms with van der Waals surface area (Å²) in [6, 6.07) is 11.0. The zero-order valence-electron chi connectivity index (χ0n) is 13.7. The lowest BCUT2D eigenvalue weighted by Crippen LogP contribution is -2.29. The molecule has 6 nitrogen and oxygen atoms in total. The number of aliphatic hydroxyl groups is 2. The molecule has 0 aliphatic rings. The van der Waals surface area contributed by atoms with Crippen molar-refractivity contribution < 1.29 is 29.6 Å². The molecule has 0 radical (unpaired) electrons. The number of hydrogen-bond donors (Lipinski definition) is 3. The maximum atomic E-state index is 10.4. The van der Waals surface area contributed by atoms with Crippen molar-refractivity contribution in [1.82, 2.24) is 0 Å². The van der Waals surface area contributed by atoms with Gasteiger partial charge in [-0.2, -0.15) is 0 Å². The van der Waals surface area contributed by atoms with Crippen molar-refractivity contribution >= 4 is 12.4 Å². The molecule has 2 rings (SSSR count). The molecule has 2 atom stereocenters. The number of methoxy groups -OCH3 is 1. The number of aromatic hydroxyl groups is 1. The standard InChI is InChI=1S/C19H20O6/c1-24-17-11-13(3-2-10-20)4-9-16(17)25-18(12-21)19(23)14-5-7-15(22)8-6-14/h2-11,18-19,21-23H,12H2,1H3/b3-2+/t18-,19+/m0/s1. The number of ether oxygens (including phenoxy) is 2. The first kappa shape index (κ1) is 18.5. The van der Waals surface area contributed by atoms with E-state index < -0.39 is 18.8 Å². The smallest absolute Gasteiger partial charge is 0.161 e. The van der Waals surface area contributed by atoms with Gasteiger partial charge in [0.15, 0.2) is 17.6 Å². The molecule has 0 fully saturated rings. The molecule has 25 heavy (non-hydrogen) atoms. The highest BCUT2D eigenvalue weighted by molar-refractivity contribution is 5.74. The van der Waals surface area contributed by atoms with Gasteiger partial charge in [0, 0.05) is 0 Å². The zero-order valence-corrected chi connectivity index (χ0v) is 13.7. The summed E-state index contributed by atoms with van der Waals surface area (Å²) < 4.78 is 11.0. The van der Waals surface area contributed by atoms with Gasteiger partial charge >= 0.3 is 0 Å². The Bertz CT molecular complexity index is 723. The Morgan fingerprint density at radius 1 is 1.12 bits per heavy atom. The topological polar surface area (TPSA) is 96.2 Å². The second-order valence-electron chi connectivity index (χ2n) is 5.28.